The number of para-hydroxylation sites is 5. The highest BCUT2D eigenvalue weighted by atomic mass is 15.1. The van der Waals surface area contributed by atoms with Crippen molar-refractivity contribution >= 4 is 65.4 Å². The van der Waals surface area contributed by atoms with Crippen molar-refractivity contribution < 1.29 is 0 Å². The van der Waals surface area contributed by atoms with Gasteiger partial charge in [-0.15, -0.1) is 0 Å². The smallest absolute Gasteiger partial charge is 0.164 e. The molecule has 0 saturated carbocycles. The van der Waals surface area contributed by atoms with E-state index in [0.717, 1.165) is 89.4 Å². The first-order chi connectivity index (χ1) is 63.9. The van der Waals surface area contributed by atoms with Crippen LogP contribution in [0, 0.1) is 0 Å². The normalized spacial score (nSPS) is 11.3. The summed E-state index contributed by atoms with van der Waals surface area (Å²) in [5.74, 6) is 5.90. The average molecular weight is 1650 g/mol. The lowest BCUT2D eigenvalue weighted by Crippen LogP contribution is -2.00. The van der Waals surface area contributed by atoms with Gasteiger partial charge in [-0.3, -0.25) is 0 Å². The molecule has 0 aliphatic carbocycles. The maximum absolute atomic E-state index is 4.91. The van der Waals surface area contributed by atoms with Gasteiger partial charge < -0.3 is 13.7 Å². The lowest BCUT2D eigenvalue weighted by atomic mass is 10.0. The Hall–Kier alpha value is -17.6. The van der Waals surface area contributed by atoms with Crippen molar-refractivity contribution in [1.82, 2.24) is 58.6 Å². The van der Waals surface area contributed by atoms with Crippen LogP contribution < -0.4 is 0 Å². The Bertz CT molecular complexity index is 7890. The summed E-state index contributed by atoms with van der Waals surface area (Å²) in [6.45, 7) is 0. The molecule has 12 heteroatoms. The lowest BCUT2D eigenvalue weighted by molar-refractivity contribution is 1.07. The van der Waals surface area contributed by atoms with Gasteiger partial charge in [-0.25, -0.2) is 44.9 Å². The van der Waals surface area contributed by atoms with Crippen molar-refractivity contribution in [2.45, 2.75) is 0 Å². The van der Waals surface area contributed by atoms with Gasteiger partial charge >= 0.3 is 0 Å². The van der Waals surface area contributed by atoms with Crippen molar-refractivity contribution in [1.29, 1.82) is 0 Å². The Kier molecular flexibility index (Phi) is 20.8. The average Bonchev–Trinajstić information content (AvgIpc) is 1.60. The summed E-state index contributed by atoms with van der Waals surface area (Å²) in [5, 5.41) is 7.51. The lowest BCUT2D eigenvalue weighted by Gasteiger charge is -2.11. The second-order valence-electron chi connectivity index (χ2n) is 31.6. The molecule has 0 bridgehead atoms. The molecule has 0 radical (unpaired) electrons. The molecule has 12 nitrogen and oxygen atoms in total. The number of aromatic nitrogens is 12. The van der Waals surface area contributed by atoms with Gasteiger partial charge in [0.05, 0.1) is 33.1 Å². The molecule has 0 unspecified atom stereocenters. The van der Waals surface area contributed by atoms with E-state index in [2.05, 4.69) is 305 Å². The van der Waals surface area contributed by atoms with E-state index in [-0.39, 0.29) is 0 Å². The van der Waals surface area contributed by atoms with Crippen LogP contribution in [0.4, 0.5) is 0 Å². The Balaban J connectivity index is 0.000000114. The predicted molar refractivity (Wildman–Crippen MR) is 528 cm³/mol. The maximum Gasteiger partial charge on any atom is 0.164 e. The summed E-state index contributed by atoms with van der Waals surface area (Å²) in [7, 11) is 0. The van der Waals surface area contributed by atoms with E-state index < -0.39 is 0 Å². The molecule has 0 amide bonds. The van der Waals surface area contributed by atoms with E-state index in [4.69, 9.17) is 44.9 Å². The molecule has 0 fully saturated rings. The van der Waals surface area contributed by atoms with Crippen LogP contribution in [-0.4, -0.2) is 58.6 Å². The van der Waals surface area contributed by atoms with Gasteiger partial charge in [-0.1, -0.05) is 376 Å². The van der Waals surface area contributed by atoms with E-state index >= 15 is 0 Å². The molecular formula is C117H78N12. The number of hydrogen-bond donors (Lipinski definition) is 0. The topological polar surface area (TPSA) is 131 Å². The van der Waals surface area contributed by atoms with Crippen molar-refractivity contribution in [3.63, 3.8) is 0 Å². The third kappa shape index (κ3) is 15.6. The third-order valence-corrected chi connectivity index (χ3v) is 23.6. The van der Waals surface area contributed by atoms with Gasteiger partial charge in [-0.2, -0.15) is 0 Å². The van der Waals surface area contributed by atoms with Crippen LogP contribution in [-0.2, 0) is 0 Å². The molecule has 0 spiro atoms. The highest BCUT2D eigenvalue weighted by Gasteiger charge is 2.21. The molecule has 0 saturated heterocycles. The summed E-state index contributed by atoms with van der Waals surface area (Å²) in [6, 6.07) is 164. The van der Waals surface area contributed by atoms with E-state index in [1.807, 2.05) is 182 Å². The van der Waals surface area contributed by atoms with Gasteiger partial charge in [0.1, 0.15) is 0 Å². The zero-order valence-electron chi connectivity index (χ0n) is 69.9. The molecule has 0 atom stereocenters. The first-order valence-corrected chi connectivity index (χ1v) is 43.1. The van der Waals surface area contributed by atoms with Crippen LogP contribution in [0.3, 0.4) is 0 Å². The van der Waals surface area contributed by atoms with Crippen molar-refractivity contribution in [3.8, 4) is 153 Å². The second-order valence-corrected chi connectivity index (χ2v) is 31.6. The number of benzene rings is 18. The fourth-order valence-electron chi connectivity index (χ4n) is 17.3. The minimum Gasteiger partial charge on any atom is -0.309 e. The maximum atomic E-state index is 4.91. The highest BCUT2D eigenvalue weighted by Crippen LogP contribution is 2.40. The van der Waals surface area contributed by atoms with Crippen LogP contribution in [0.5, 0.6) is 0 Å². The number of rotatable bonds is 15. The molecule has 6 aromatic heterocycles. The molecule has 0 N–H and O–H groups in total. The van der Waals surface area contributed by atoms with E-state index in [1.165, 1.54) is 76.5 Å². The third-order valence-electron chi connectivity index (χ3n) is 23.6. The van der Waals surface area contributed by atoms with Crippen LogP contribution in [0.1, 0.15) is 0 Å². The fourth-order valence-corrected chi connectivity index (χ4v) is 17.3. The zero-order chi connectivity index (χ0) is 85.8. The van der Waals surface area contributed by atoms with Gasteiger partial charge in [0, 0.05) is 99.5 Å². The molecule has 18 aromatic carbocycles. The predicted octanol–water partition coefficient (Wildman–Crippen LogP) is 28.9. The second kappa shape index (κ2) is 34.6. The van der Waals surface area contributed by atoms with Crippen LogP contribution in [0.15, 0.2) is 473 Å². The summed E-state index contributed by atoms with van der Waals surface area (Å²) in [4.78, 5) is 43.9. The van der Waals surface area contributed by atoms with Crippen LogP contribution >= 0.6 is 0 Å². The minimum absolute atomic E-state index is 0.647. The summed E-state index contributed by atoms with van der Waals surface area (Å²) in [5.41, 5.74) is 26.0. The van der Waals surface area contributed by atoms with Crippen LogP contribution in [0.2, 0.25) is 0 Å². The fraction of sp³-hybridized carbons (Fsp3) is 0. The SMILES string of the molecule is c1ccc(-c2ccc3c(c2)c2ccccc2n3-c2ccc(-c3nc(-c4ccccc4)nc(-c4ccccc4)n3)cc2)cc1.c1ccc(-c2nc(-c3ccccc3)nc(-c3ccc(-c4cccc(-n5c6ccccc6c6ccccc65)c4)cc3)n2)cc1.c1ccc(-c2nc(-c3ccccc3)nc(-c3cccc(-c4ccc(-n5c6ccccc6c6ccccc65)cc4)c3)n2)cc1. The van der Waals surface area contributed by atoms with Crippen molar-refractivity contribution in [2.24, 2.45) is 0 Å². The van der Waals surface area contributed by atoms with E-state index in [9.17, 15) is 0 Å². The Morgan fingerprint density at radius 2 is 0.302 bits per heavy atom. The molecule has 129 heavy (non-hydrogen) atoms. The number of hydrogen-bond acceptors (Lipinski definition) is 9. The highest BCUT2D eigenvalue weighted by molar-refractivity contribution is 6.12. The zero-order valence-corrected chi connectivity index (χ0v) is 69.9. The Morgan fingerprint density at radius 3 is 0.636 bits per heavy atom. The van der Waals surface area contributed by atoms with Crippen LogP contribution in [0.25, 0.3) is 218 Å². The number of nitrogens with zero attached hydrogens (tertiary/aromatic N) is 12. The summed E-state index contributed by atoms with van der Waals surface area (Å²) < 4.78 is 7.02. The molecule has 24 rings (SSSR count). The standard InChI is InChI=1S/3C39H26N4/c1-4-12-27(13-5-1)31-22-25-36-34(26-31)33-18-10-11-19-35(33)43(36)32-23-20-30(21-24-32)39-41-37(28-14-6-2-7-15-28)40-38(42-39)29-16-8-3-9-17-29;1-3-12-28(13-4-1)37-40-38(29-14-5-2-6-15-29)42-39(41-37)30-24-22-27(23-25-30)31-16-11-17-32(26-31)43-35-20-9-7-18-33(35)34-19-8-10-21-36(34)43;1-3-12-28(13-4-1)37-40-38(29-14-5-2-6-15-29)42-39(41-37)31-17-11-16-30(26-31)27-22-24-32(25-23-27)43-35-20-9-7-18-33(35)34-19-8-10-21-36(34)43/h3*1-26H. The largest absolute Gasteiger partial charge is 0.309 e. The first kappa shape index (κ1) is 77.4. The quantitative estimate of drug-likeness (QED) is 0.0984. The Labute approximate surface area is 745 Å². The summed E-state index contributed by atoms with van der Waals surface area (Å²) in [6.07, 6.45) is 0. The van der Waals surface area contributed by atoms with Gasteiger partial charge in [-0.05, 0) is 130 Å². The Morgan fingerprint density at radius 1 is 0.109 bits per heavy atom. The first-order valence-electron chi connectivity index (χ1n) is 43.1. The minimum atomic E-state index is 0.647. The molecule has 6 heterocycles. The number of fused-ring (bicyclic) bond motifs is 9. The monoisotopic (exact) mass is 1650 g/mol. The van der Waals surface area contributed by atoms with Crippen molar-refractivity contribution in [3.05, 3.63) is 473 Å². The van der Waals surface area contributed by atoms with Gasteiger partial charge in [0.25, 0.3) is 0 Å². The molecule has 0 aliphatic rings. The van der Waals surface area contributed by atoms with Gasteiger partial charge in [0.2, 0.25) is 0 Å². The van der Waals surface area contributed by atoms with E-state index in [1.54, 1.807) is 0 Å². The van der Waals surface area contributed by atoms with Gasteiger partial charge in [0.15, 0.2) is 52.4 Å². The summed E-state index contributed by atoms with van der Waals surface area (Å²) >= 11 is 0. The van der Waals surface area contributed by atoms with E-state index in [0.29, 0.717) is 52.4 Å². The molecule has 0 aliphatic heterocycles. The molecule has 606 valence electrons. The molecular weight excluding hydrogens is 1570 g/mol. The molecule has 24 aromatic rings. The van der Waals surface area contributed by atoms with Crippen molar-refractivity contribution in [2.75, 3.05) is 0 Å².